The van der Waals surface area contributed by atoms with Gasteiger partial charge in [-0.1, -0.05) is 6.07 Å². The van der Waals surface area contributed by atoms with E-state index in [0.717, 1.165) is 47.1 Å². The fourth-order valence-electron chi connectivity index (χ4n) is 3.56. The van der Waals surface area contributed by atoms with Crippen LogP contribution < -0.4 is 11.1 Å². The third kappa shape index (κ3) is 2.37. The van der Waals surface area contributed by atoms with Crippen LogP contribution in [0.25, 0.3) is 22.6 Å². The van der Waals surface area contributed by atoms with Crippen LogP contribution in [-0.2, 0) is 6.42 Å². The highest BCUT2D eigenvalue weighted by Crippen LogP contribution is 2.35. The maximum absolute atomic E-state index is 11.7. The van der Waals surface area contributed by atoms with Gasteiger partial charge in [-0.05, 0) is 37.6 Å². The lowest BCUT2D eigenvalue weighted by atomic mass is 10.1. The van der Waals surface area contributed by atoms with Gasteiger partial charge in [-0.2, -0.15) is 5.10 Å². The van der Waals surface area contributed by atoms with Gasteiger partial charge >= 0.3 is 0 Å². The molecule has 0 aromatic carbocycles. The number of nitrogens with two attached hydrogens (primary N) is 1. The third-order valence-electron chi connectivity index (χ3n) is 4.80. The van der Waals surface area contributed by atoms with E-state index < -0.39 is 5.91 Å². The molecule has 0 radical (unpaired) electrons. The molecular formula is C19H17N7O. The van der Waals surface area contributed by atoms with Crippen LogP contribution in [-0.4, -0.2) is 36.8 Å². The molecule has 8 nitrogen and oxygen atoms in total. The van der Waals surface area contributed by atoms with Crippen LogP contribution in [0.1, 0.15) is 21.6 Å². The van der Waals surface area contributed by atoms with Crippen LogP contribution in [0, 0.1) is 6.92 Å². The number of aromatic nitrogens is 5. The van der Waals surface area contributed by atoms with E-state index >= 15 is 0 Å². The molecule has 134 valence electrons. The second-order valence-corrected chi connectivity index (χ2v) is 6.57. The van der Waals surface area contributed by atoms with Crippen LogP contribution in [0.4, 0.5) is 5.82 Å². The van der Waals surface area contributed by atoms with E-state index in [4.69, 9.17) is 10.8 Å². The Kier molecular flexibility index (Phi) is 3.27. The maximum atomic E-state index is 11.7. The van der Waals surface area contributed by atoms with Crippen LogP contribution in [0.3, 0.4) is 0 Å². The summed E-state index contributed by atoms with van der Waals surface area (Å²) in [6, 6.07) is 9.75. The van der Waals surface area contributed by atoms with Gasteiger partial charge in [0.15, 0.2) is 11.6 Å². The number of aryl methyl sites for hydroxylation is 1. The lowest BCUT2D eigenvalue weighted by Gasteiger charge is -2.10. The van der Waals surface area contributed by atoms with E-state index in [1.54, 1.807) is 4.52 Å². The van der Waals surface area contributed by atoms with Gasteiger partial charge in [0.1, 0.15) is 0 Å². The highest BCUT2D eigenvalue weighted by atomic mass is 16.1. The molecule has 0 fully saturated rings. The van der Waals surface area contributed by atoms with Gasteiger partial charge in [-0.15, -0.1) is 5.10 Å². The number of rotatable bonds is 3. The molecule has 5 rings (SSSR count). The Morgan fingerprint density at radius 1 is 1.30 bits per heavy atom. The molecule has 1 aliphatic heterocycles. The maximum Gasteiger partial charge on any atom is 0.252 e. The van der Waals surface area contributed by atoms with Crippen molar-refractivity contribution >= 4 is 17.2 Å². The van der Waals surface area contributed by atoms with Crippen LogP contribution in [0.15, 0.2) is 42.7 Å². The molecule has 8 heteroatoms. The van der Waals surface area contributed by atoms with Crippen molar-refractivity contribution in [2.24, 2.45) is 5.73 Å². The van der Waals surface area contributed by atoms with E-state index in [1.807, 2.05) is 48.1 Å². The molecule has 1 amide bonds. The van der Waals surface area contributed by atoms with Crippen LogP contribution in [0.5, 0.6) is 0 Å². The fourth-order valence-corrected chi connectivity index (χ4v) is 3.56. The first kappa shape index (κ1) is 15.6. The molecule has 0 unspecified atom stereocenters. The summed E-state index contributed by atoms with van der Waals surface area (Å²) in [7, 11) is 0. The Labute approximate surface area is 154 Å². The molecule has 4 aromatic rings. The SMILES string of the molecule is Cc1cccc(-n2nc3c(c2-c2ccn4ncc(C(N)=O)c4c2)CCN3)n1. The van der Waals surface area contributed by atoms with Crippen molar-refractivity contribution in [1.29, 1.82) is 0 Å². The molecular weight excluding hydrogens is 342 g/mol. The Morgan fingerprint density at radius 2 is 2.19 bits per heavy atom. The fraction of sp³-hybridized carbons (Fsp3) is 0.158. The molecule has 0 saturated carbocycles. The topological polar surface area (TPSA) is 103 Å². The number of hydrogen-bond donors (Lipinski definition) is 2. The van der Waals surface area contributed by atoms with Crippen molar-refractivity contribution in [3.8, 4) is 17.1 Å². The number of anilines is 1. The standard InChI is InChI=1S/C19H17N7O/c1-11-3-2-4-16(23-11)26-17(13-5-7-21-19(13)24-26)12-6-8-25-15(9-12)14(10-22-25)18(20)27/h2-4,6,8-10H,5,7H2,1H3,(H2,20,27)(H,21,24). The number of amides is 1. The highest BCUT2D eigenvalue weighted by Gasteiger charge is 2.25. The van der Waals surface area contributed by atoms with Gasteiger partial charge in [-0.25, -0.2) is 14.2 Å². The van der Waals surface area contributed by atoms with E-state index in [-0.39, 0.29) is 0 Å². The molecule has 4 aromatic heterocycles. The van der Waals surface area contributed by atoms with Crippen molar-refractivity contribution in [2.75, 3.05) is 11.9 Å². The largest absolute Gasteiger partial charge is 0.368 e. The number of nitrogens with zero attached hydrogens (tertiary/aromatic N) is 5. The predicted octanol–water partition coefficient (Wildman–Crippen LogP) is 1.96. The normalized spacial score (nSPS) is 12.9. The lowest BCUT2D eigenvalue weighted by molar-refractivity contribution is 0.100. The zero-order chi connectivity index (χ0) is 18.5. The summed E-state index contributed by atoms with van der Waals surface area (Å²) in [5, 5.41) is 12.3. The number of primary amides is 1. The Hall–Kier alpha value is -3.68. The van der Waals surface area contributed by atoms with Crippen molar-refractivity contribution in [1.82, 2.24) is 24.4 Å². The van der Waals surface area contributed by atoms with Crippen molar-refractivity contribution in [2.45, 2.75) is 13.3 Å². The molecule has 0 atom stereocenters. The molecule has 0 bridgehead atoms. The van der Waals surface area contributed by atoms with E-state index in [0.29, 0.717) is 11.1 Å². The van der Waals surface area contributed by atoms with Crippen LogP contribution >= 0.6 is 0 Å². The minimum atomic E-state index is -0.497. The first-order valence-corrected chi connectivity index (χ1v) is 8.69. The van der Waals surface area contributed by atoms with Gasteiger partial charge in [0.25, 0.3) is 5.91 Å². The number of carbonyl (C=O) groups is 1. The molecule has 0 spiro atoms. The van der Waals surface area contributed by atoms with Gasteiger partial charge in [0.05, 0.1) is 23.0 Å². The average Bonchev–Trinajstić information content (AvgIpc) is 3.34. The van der Waals surface area contributed by atoms with Gasteiger partial charge in [0, 0.05) is 29.6 Å². The summed E-state index contributed by atoms with van der Waals surface area (Å²) in [4.78, 5) is 16.3. The number of fused-ring (bicyclic) bond motifs is 2. The van der Waals surface area contributed by atoms with Gasteiger partial charge in [-0.3, -0.25) is 4.79 Å². The third-order valence-corrected chi connectivity index (χ3v) is 4.80. The lowest BCUT2D eigenvalue weighted by Crippen LogP contribution is -2.10. The summed E-state index contributed by atoms with van der Waals surface area (Å²) in [6.45, 7) is 2.81. The number of carbonyl (C=O) groups excluding carboxylic acids is 1. The summed E-state index contributed by atoms with van der Waals surface area (Å²) in [6.07, 6.45) is 4.20. The summed E-state index contributed by atoms with van der Waals surface area (Å²) in [5.74, 6) is 1.13. The molecule has 3 N–H and O–H groups in total. The Balaban J connectivity index is 1.76. The number of nitrogens with one attached hydrogen (secondary N) is 1. The zero-order valence-corrected chi connectivity index (χ0v) is 14.7. The molecule has 27 heavy (non-hydrogen) atoms. The second-order valence-electron chi connectivity index (χ2n) is 6.57. The molecule has 1 aliphatic rings. The second kappa shape index (κ2) is 5.66. The van der Waals surface area contributed by atoms with Crippen molar-refractivity contribution in [3.05, 3.63) is 59.5 Å². The molecule has 5 heterocycles. The van der Waals surface area contributed by atoms with E-state index in [1.165, 1.54) is 6.20 Å². The van der Waals surface area contributed by atoms with E-state index in [9.17, 15) is 4.79 Å². The summed E-state index contributed by atoms with van der Waals surface area (Å²) < 4.78 is 3.50. The van der Waals surface area contributed by atoms with Gasteiger partial charge in [0.2, 0.25) is 0 Å². The highest BCUT2D eigenvalue weighted by molar-refractivity contribution is 6.00. The number of pyridine rings is 2. The first-order chi connectivity index (χ1) is 13.1. The summed E-state index contributed by atoms with van der Waals surface area (Å²) in [5.41, 5.74) is 10.5. The molecule has 0 aliphatic carbocycles. The average molecular weight is 359 g/mol. The Bertz CT molecular complexity index is 1200. The van der Waals surface area contributed by atoms with Gasteiger partial charge < -0.3 is 11.1 Å². The Morgan fingerprint density at radius 3 is 3.00 bits per heavy atom. The quantitative estimate of drug-likeness (QED) is 0.582. The smallest absolute Gasteiger partial charge is 0.252 e. The number of hydrogen-bond acceptors (Lipinski definition) is 5. The van der Waals surface area contributed by atoms with Crippen molar-refractivity contribution in [3.63, 3.8) is 0 Å². The molecule has 0 saturated heterocycles. The van der Waals surface area contributed by atoms with Crippen LogP contribution in [0.2, 0.25) is 0 Å². The first-order valence-electron chi connectivity index (χ1n) is 8.69. The zero-order valence-electron chi connectivity index (χ0n) is 14.7. The van der Waals surface area contributed by atoms with Crippen molar-refractivity contribution < 1.29 is 4.79 Å². The van der Waals surface area contributed by atoms with E-state index in [2.05, 4.69) is 15.4 Å². The predicted molar refractivity (Wildman–Crippen MR) is 101 cm³/mol. The minimum absolute atomic E-state index is 0.395. The summed E-state index contributed by atoms with van der Waals surface area (Å²) >= 11 is 0. The monoisotopic (exact) mass is 359 g/mol. The minimum Gasteiger partial charge on any atom is -0.368 e.